The highest BCUT2D eigenvalue weighted by molar-refractivity contribution is 7.90. The van der Waals surface area contributed by atoms with Gasteiger partial charge < -0.3 is 5.32 Å². The molecule has 1 aromatic rings. The Bertz CT molecular complexity index is 537. The highest BCUT2D eigenvalue weighted by Crippen LogP contribution is 2.35. The van der Waals surface area contributed by atoms with Gasteiger partial charge in [-0.3, -0.25) is 4.72 Å². The molecule has 1 saturated carbocycles. The molecule has 4 N–H and O–H groups in total. The summed E-state index contributed by atoms with van der Waals surface area (Å²) in [5.74, 6) is 1.52. The first-order valence-electron chi connectivity index (χ1n) is 6.50. The summed E-state index contributed by atoms with van der Waals surface area (Å²) in [5.41, 5.74) is 1.40. The second-order valence-corrected chi connectivity index (χ2v) is 6.84. The number of hydrogen-bond acceptors (Lipinski definition) is 3. The van der Waals surface area contributed by atoms with Crippen molar-refractivity contribution in [3.63, 3.8) is 0 Å². The van der Waals surface area contributed by atoms with E-state index in [1.54, 1.807) is 18.2 Å². The van der Waals surface area contributed by atoms with Crippen LogP contribution < -0.4 is 15.2 Å². The van der Waals surface area contributed by atoms with Gasteiger partial charge in [-0.25, -0.2) is 5.14 Å². The van der Waals surface area contributed by atoms with Crippen LogP contribution in [0.4, 0.5) is 11.4 Å². The average Bonchev–Trinajstić information content (AvgIpc) is 2.20. The summed E-state index contributed by atoms with van der Waals surface area (Å²) in [5, 5.41) is 8.36. The summed E-state index contributed by atoms with van der Waals surface area (Å²) in [6, 6.07) is 7.64. The smallest absolute Gasteiger partial charge is 0.296 e. The molecule has 2 rings (SSSR count). The first-order chi connectivity index (χ1) is 8.83. The third kappa shape index (κ3) is 4.11. The molecule has 0 atom stereocenters. The normalized spacial score (nSPS) is 22.9. The van der Waals surface area contributed by atoms with Crippen molar-refractivity contribution < 1.29 is 8.42 Å². The maximum atomic E-state index is 11.0. The van der Waals surface area contributed by atoms with Gasteiger partial charge in [-0.1, -0.05) is 19.9 Å². The van der Waals surface area contributed by atoms with E-state index in [4.69, 9.17) is 5.14 Å². The van der Waals surface area contributed by atoms with Gasteiger partial charge in [-0.15, -0.1) is 0 Å². The second-order valence-electron chi connectivity index (χ2n) is 5.54. The van der Waals surface area contributed by atoms with Crippen LogP contribution in [0.25, 0.3) is 0 Å². The maximum absolute atomic E-state index is 11.0. The van der Waals surface area contributed by atoms with Crippen molar-refractivity contribution in [2.75, 3.05) is 10.0 Å². The van der Waals surface area contributed by atoms with Gasteiger partial charge in [0.15, 0.2) is 0 Å². The van der Waals surface area contributed by atoms with Crippen LogP contribution in [0.5, 0.6) is 0 Å². The molecule has 0 bridgehead atoms. The summed E-state index contributed by atoms with van der Waals surface area (Å²) >= 11 is 0. The Labute approximate surface area is 114 Å². The summed E-state index contributed by atoms with van der Waals surface area (Å²) < 4.78 is 24.2. The van der Waals surface area contributed by atoms with E-state index in [0.717, 1.165) is 17.5 Å². The molecule has 0 radical (unpaired) electrons. The lowest BCUT2D eigenvalue weighted by Gasteiger charge is -2.39. The molecule has 1 aliphatic carbocycles. The number of nitrogens with two attached hydrogens (primary N) is 1. The van der Waals surface area contributed by atoms with Gasteiger partial charge in [0, 0.05) is 11.7 Å². The Kier molecular flexibility index (Phi) is 4.01. The SMILES string of the molecule is CC(C)C1CC(Nc2cccc(NS(N)(=O)=O)c2)C1. The molecule has 0 aliphatic heterocycles. The average molecular weight is 283 g/mol. The minimum atomic E-state index is -3.71. The molecule has 0 heterocycles. The third-order valence-corrected chi connectivity index (χ3v) is 4.13. The molecule has 0 amide bonds. The van der Waals surface area contributed by atoms with Crippen LogP contribution in [0.1, 0.15) is 26.7 Å². The lowest BCUT2D eigenvalue weighted by Crippen LogP contribution is -2.37. The number of benzene rings is 1. The fraction of sp³-hybridized carbons (Fsp3) is 0.538. The predicted molar refractivity (Wildman–Crippen MR) is 78.1 cm³/mol. The van der Waals surface area contributed by atoms with Crippen LogP contribution in [0, 0.1) is 11.8 Å². The molecule has 5 nitrogen and oxygen atoms in total. The molecule has 0 aromatic heterocycles. The van der Waals surface area contributed by atoms with Crippen molar-refractivity contribution in [1.82, 2.24) is 0 Å². The van der Waals surface area contributed by atoms with Gasteiger partial charge in [0.1, 0.15) is 0 Å². The lowest BCUT2D eigenvalue weighted by molar-refractivity contribution is 0.212. The van der Waals surface area contributed by atoms with E-state index < -0.39 is 10.2 Å². The maximum Gasteiger partial charge on any atom is 0.296 e. The van der Waals surface area contributed by atoms with Crippen LogP contribution in [0.2, 0.25) is 0 Å². The van der Waals surface area contributed by atoms with Gasteiger partial charge in [0.2, 0.25) is 0 Å². The highest BCUT2D eigenvalue weighted by Gasteiger charge is 2.30. The molecule has 0 spiro atoms. The van der Waals surface area contributed by atoms with Crippen LogP contribution in [-0.2, 0) is 10.2 Å². The van der Waals surface area contributed by atoms with E-state index in [9.17, 15) is 8.42 Å². The van der Waals surface area contributed by atoms with E-state index in [2.05, 4.69) is 23.9 Å². The van der Waals surface area contributed by atoms with E-state index in [1.807, 2.05) is 6.07 Å². The van der Waals surface area contributed by atoms with Gasteiger partial charge in [0.05, 0.1) is 5.69 Å². The van der Waals surface area contributed by atoms with Gasteiger partial charge in [-0.05, 0) is 42.9 Å². The third-order valence-electron chi connectivity index (χ3n) is 3.61. The Morgan fingerprint density at radius 3 is 2.47 bits per heavy atom. The molecule has 1 fully saturated rings. The molecule has 1 aromatic carbocycles. The number of nitrogens with one attached hydrogen (secondary N) is 2. The van der Waals surface area contributed by atoms with E-state index in [0.29, 0.717) is 11.7 Å². The molecule has 1 aliphatic rings. The highest BCUT2D eigenvalue weighted by atomic mass is 32.2. The molecule has 6 heteroatoms. The standard InChI is InChI=1S/C13H21N3O2S/c1-9(2)10-6-13(7-10)15-11-4-3-5-12(8-11)16-19(14,17)18/h3-5,8-10,13,15-16H,6-7H2,1-2H3,(H2,14,17,18). The van der Waals surface area contributed by atoms with Crippen LogP contribution in [0.3, 0.4) is 0 Å². The van der Waals surface area contributed by atoms with Crippen molar-refractivity contribution >= 4 is 21.6 Å². The lowest BCUT2D eigenvalue weighted by atomic mass is 9.73. The van der Waals surface area contributed by atoms with E-state index in [-0.39, 0.29) is 0 Å². The summed E-state index contributed by atoms with van der Waals surface area (Å²) in [7, 11) is -3.71. The zero-order chi connectivity index (χ0) is 14.0. The molecular weight excluding hydrogens is 262 g/mol. The first-order valence-corrected chi connectivity index (χ1v) is 8.05. The van der Waals surface area contributed by atoms with Crippen LogP contribution in [-0.4, -0.2) is 14.5 Å². The predicted octanol–water partition coefficient (Wildman–Crippen LogP) is 2.15. The Hall–Kier alpha value is -1.27. The fourth-order valence-corrected chi connectivity index (χ4v) is 2.85. The van der Waals surface area contributed by atoms with E-state index in [1.165, 1.54) is 12.8 Å². The van der Waals surface area contributed by atoms with Crippen molar-refractivity contribution in [2.24, 2.45) is 17.0 Å². The summed E-state index contributed by atoms with van der Waals surface area (Å²) in [4.78, 5) is 0. The van der Waals surface area contributed by atoms with Crippen molar-refractivity contribution in [3.8, 4) is 0 Å². The first kappa shape index (κ1) is 14.1. The van der Waals surface area contributed by atoms with Gasteiger partial charge in [0.25, 0.3) is 10.2 Å². The van der Waals surface area contributed by atoms with Crippen molar-refractivity contribution in [3.05, 3.63) is 24.3 Å². The largest absolute Gasteiger partial charge is 0.382 e. The minimum absolute atomic E-state index is 0.479. The number of rotatable bonds is 5. The minimum Gasteiger partial charge on any atom is -0.382 e. The topological polar surface area (TPSA) is 84.2 Å². The number of hydrogen-bond donors (Lipinski definition) is 3. The molecule has 106 valence electrons. The van der Waals surface area contributed by atoms with Crippen molar-refractivity contribution in [1.29, 1.82) is 0 Å². The monoisotopic (exact) mass is 283 g/mol. The summed E-state index contributed by atoms with van der Waals surface area (Å²) in [6.45, 7) is 4.50. The second kappa shape index (κ2) is 5.38. The Morgan fingerprint density at radius 1 is 1.26 bits per heavy atom. The molecule has 0 unspecified atom stereocenters. The summed E-state index contributed by atoms with van der Waals surface area (Å²) in [6.07, 6.45) is 2.34. The van der Waals surface area contributed by atoms with Crippen LogP contribution >= 0.6 is 0 Å². The molecule has 19 heavy (non-hydrogen) atoms. The van der Waals surface area contributed by atoms with Crippen LogP contribution in [0.15, 0.2) is 24.3 Å². The fourth-order valence-electron chi connectivity index (χ4n) is 2.40. The Balaban J connectivity index is 1.93. The molecular formula is C13H21N3O2S. The van der Waals surface area contributed by atoms with Gasteiger partial charge in [-0.2, -0.15) is 8.42 Å². The number of anilines is 2. The molecule has 0 saturated heterocycles. The van der Waals surface area contributed by atoms with E-state index >= 15 is 0 Å². The quantitative estimate of drug-likeness (QED) is 0.774. The Morgan fingerprint density at radius 2 is 1.89 bits per heavy atom. The van der Waals surface area contributed by atoms with Gasteiger partial charge >= 0.3 is 0 Å². The van der Waals surface area contributed by atoms with Crippen molar-refractivity contribution in [2.45, 2.75) is 32.7 Å². The zero-order valence-corrected chi connectivity index (χ0v) is 12.1. The zero-order valence-electron chi connectivity index (χ0n) is 11.3.